The molecule has 0 aliphatic heterocycles. The number of rotatable bonds is 2. The second-order valence-corrected chi connectivity index (χ2v) is 10.3. The van der Waals surface area contributed by atoms with Crippen molar-refractivity contribution < 1.29 is 15.3 Å². The Balaban J connectivity index is 1.74. The van der Waals surface area contributed by atoms with Crippen LogP contribution in [0.2, 0.25) is 0 Å². The summed E-state index contributed by atoms with van der Waals surface area (Å²) in [7, 11) is 0. The summed E-state index contributed by atoms with van der Waals surface area (Å²) in [6.07, 6.45) is 8.04. The predicted molar refractivity (Wildman–Crippen MR) is 97.9 cm³/mol. The number of aliphatic hydroxyl groups is 3. The maximum atomic E-state index is 11.0. The Bertz CT molecular complexity index is 527. The van der Waals surface area contributed by atoms with Crippen LogP contribution in [0.1, 0.15) is 65.2 Å². The summed E-state index contributed by atoms with van der Waals surface area (Å²) < 4.78 is 0. The normalized spacial score (nSPS) is 59.8. The van der Waals surface area contributed by atoms with Gasteiger partial charge in [-0.25, -0.2) is 0 Å². The van der Waals surface area contributed by atoms with Crippen LogP contribution in [0.4, 0.5) is 0 Å². The molecule has 4 saturated carbocycles. The van der Waals surface area contributed by atoms with Gasteiger partial charge in [-0.2, -0.15) is 12.6 Å². The predicted octanol–water partition coefficient (Wildman–Crippen LogP) is 3.02. The van der Waals surface area contributed by atoms with Crippen molar-refractivity contribution in [3.05, 3.63) is 0 Å². The van der Waals surface area contributed by atoms with E-state index < -0.39 is 5.60 Å². The van der Waals surface area contributed by atoms with Crippen molar-refractivity contribution in [1.82, 2.24) is 0 Å². The maximum absolute atomic E-state index is 11.0. The number of fused-ring (bicyclic) bond motifs is 2. The first kappa shape index (κ1) is 17.6. The van der Waals surface area contributed by atoms with E-state index >= 15 is 0 Å². The lowest BCUT2D eigenvalue weighted by Gasteiger charge is -2.66. The van der Waals surface area contributed by atoms with Gasteiger partial charge in [-0.3, -0.25) is 0 Å². The topological polar surface area (TPSA) is 60.7 Å². The Hall–Kier alpha value is 0.230. The highest BCUT2D eigenvalue weighted by Crippen LogP contribution is 2.75. The Kier molecular flexibility index (Phi) is 3.95. The molecule has 3 N–H and O–H groups in total. The fraction of sp³-hybridized carbons (Fsp3) is 1.00. The Morgan fingerprint density at radius 2 is 1.79 bits per heavy atom. The van der Waals surface area contributed by atoms with Crippen molar-refractivity contribution >= 4 is 12.6 Å². The van der Waals surface area contributed by atoms with Crippen LogP contribution >= 0.6 is 12.6 Å². The van der Waals surface area contributed by atoms with Crippen LogP contribution in [0.5, 0.6) is 0 Å². The minimum absolute atomic E-state index is 0.0825. The van der Waals surface area contributed by atoms with E-state index in [-0.39, 0.29) is 23.5 Å². The lowest BCUT2D eigenvalue weighted by Crippen LogP contribution is -2.63. The summed E-state index contributed by atoms with van der Waals surface area (Å²) in [6, 6.07) is 0. The molecule has 0 aromatic rings. The average Bonchev–Trinajstić information content (AvgIpc) is 2.93. The largest absolute Gasteiger partial charge is 0.396 e. The van der Waals surface area contributed by atoms with Crippen molar-refractivity contribution in [2.45, 2.75) is 76.9 Å². The molecule has 0 aromatic carbocycles. The van der Waals surface area contributed by atoms with E-state index in [2.05, 4.69) is 26.5 Å². The smallest absolute Gasteiger partial charge is 0.0763 e. The van der Waals surface area contributed by atoms with Gasteiger partial charge < -0.3 is 15.3 Å². The molecule has 0 unspecified atom stereocenters. The van der Waals surface area contributed by atoms with Gasteiger partial charge in [-0.05, 0) is 80.0 Å². The van der Waals surface area contributed by atoms with Crippen molar-refractivity contribution in [2.75, 3.05) is 12.4 Å². The molecule has 3 nitrogen and oxygen atoms in total. The van der Waals surface area contributed by atoms with Crippen molar-refractivity contribution in [3.63, 3.8) is 0 Å². The summed E-state index contributed by atoms with van der Waals surface area (Å²) in [4.78, 5) is 0. The van der Waals surface area contributed by atoms with E-state index in [1.54, 1.807) is 0 Å². The van der Waals surface area contributed by atoms with Gasteiger partial charge in [0.25, 0.3) is 0 Å². The summed E-state index contributed by atoms with van der Waals surface area (Å²) in [5.41, 5.74) is -0.472. The van der Waals surface area contributed by atoms with E-state index in [4.69, 9.17) is 0 Å². The highest BCUT2D eigenvalue weighted by molar-refractivity contribution is 7.80. The monoisotopic (exact) mass is 354 g/mol. The molecule has 4 rings (SSSR count). The van der Waals surface area contributed by atoms with Crippen LogP contribution < -0.4 is 0 Å². The van der Waals surface area contributed by atoms with E-state index in [1.165, 1.54) is 6.42 Å². The molecule has 0 aromatic heterocycles. The molecule has 0 saturated heterocycles. The van der Waals surface area contributed by atoms with Crippen LogP contribution in [-0.2, 0) is 0 Å². The zero-order valence-corrected chi connectivity index (χ0v) is 16.1. The molecule has 4 heteroatoms. The molecular formula is C20H34O3S. The minimum Gasteiger partial charge on any atom is -0.396 e. The third-order valence-electron chi connectivity index (χ3n) is 9.54. The van der Waals surface area contributed by atoms with Crippen LogP contribution in [0, 0.1) is 34.0 Å². The van der Waals surface area contributed by atoms with Gasteiger partial charge in [0, 0.05) is 11.2 Å². The fourth-order valence-corrected chi connectivity index (χ4v) is 8.35. The number of thiol groups is 1. The molecule has 0 amide bonds. The molecule has 24 heavy (non-hydrogen) atoms. The standard InChI is InChI=1S/C20H34O3S/c1-17(11-21)15-4-3-13-9-14-10-19(13,7-8-20(14,23)12-24)18(15,2)6-5-16(17)22/h13-16,21-24H,3-12H2,1-2H3/t13-,14+,15-,16+,17-,18-,19-,20-/m0/s1. The molecule has 8 atom stereocenters. The van der Waals surface area contributed by atoms with Gasteiger partial charge >= 0.3 is 0 Å². The Morgan fingerprint density at radius 1 is 1.04 bits per heavy atom. The average molecular weight is 355 g/mol. The number of hydrogen-bond acceptors (Lipinski definition) is 4. The van der Waals surface area contributed by atoms with Crippen LogP contribution in [0.3, 0.4) is 0 Å². The lowest BCUT2D eigenvalue weighted by atomic mass is 9.39. The molecule has 4 aliphatic carbocycles. The van der Waals surface area contributed by atoms with Crippen LogP contribution in [-0.4, -0.2) is 39.4 Å². The second-order valence-electron chi connectivity index (χ2n) is 10.0. The summed E-state index contributed by atoms with van der Waals surface area (Å²) in [5, 5.41) is 31.8. The van der Waals surface area contributed by atoms with Gasteiger partial charge in [0.05, 0.1) is 18.3 Å². The SMILES string of the molecule is C[C@@]1(CO)[C@H](O)CC[C@@]2(C)[C@H]1CC[C@H]1C[C@@H]3C[C@@]12CC[C@]3(O)CS. The molecule has 0 heterocycles. The first-order valence-electron chi connectivity index (χ1n) is 9.88. The molecule has 0 radical (unpaired) electrons. The maximum Gasteiger partial charge on any atom is 0.0763 e. The summed E-state index contributed by atoms with van der Waals surface area (Å²) in [6.45, 7) is 4.65. The zero-order chi connectivity index (χ0) is 17.4. The van der Waals surface area contributed by atoms with E-state index in [0.717, 1.165) is 44.9 Å². The lowest BCUT2D eigenvalue weighted by molar-refractivity contribution is -0.213. The van der Waals surface area contributed by atoms with Crippen molar-refractivity contribution in [2.24, 2.45) is 34.0 Å². The van der Waals surface area contributed by atoms with E-state index in [9.17, 15) is 15.3 Å². The first-order valence-corrected chi connectivity index (χ1v) is 10.5. The van der Waals surface area contributed by atoms with Gasteiger partial charge in [0.2, 0.25) is 0 Å². The van der Waals surface area contributed by atoms with E-state index in [0.29, 0.717) is 28.9 Å². The molecular weight excluding hydrogens is 320 g/mol. The number of aliphatic hydroxyl groups excluding tert-OH is 2. The van der Waals surface area contributed by atoms with Crippen LogP contribution in [0.25, 0.3) is 0 Å². The third kappa shape index (κ3) is 1.92. The quantitative estimate of drug-likeness (QED) is 0.577. The summed E-state index contributed by atoms with van der Waals surface area (Å²) >= 11 is 4.46. The second kappa shape index (κ2) is 5.37. The molecule has 4 aliphatic rings. The van der Waals surface area contributed by atoms with Gasteiger partial charge in [0.15, 0.2) is 0 Å². The molecule has 1 spiro atoms. The molecule has 2 bridgehead atoms. The molecule has 138 valence electrons. The molecule has 4 fully saturated rings. The third-order valence-corrected chi connectivity index (χ3v) is 10.1. The fourth-order valence-electron chi connectivity index (χ4n) is 7.93. The minimum atomic E-state index is -0.577. The van der Waals surface area contributed by atoms with Gasteiger partial charge in [-0.15, -0.1) is 0 Å². The highest BCUT2D eigenvalue weighted by Gasteiger charge is 2.70. The Labute approximate surface area is 151 Å². The summed E-state index contributed by atoms with van der Waals surface area (Å²) in [5.74, 6) is 2.05. The van der Waals surface area contributed by atoms with Crippen molar-refractivity contribution in [1.29, 1.82) is 0 Å². The number of hydrogen-bond donors (Lipinski definition) is 4. The van der Waals surface area contributed by atoms with Crippen LogP contribution in [0.15, 0.2) is 0 Å². The van der Waals surface area contributed by atoms with Crippen molar-refractivity contribution in [3.8, 4) is 0 Å². The zero-order valence-electron chi connectivity index (χ0n) is 15.2. The van der Waals surface area contributed by atoms with E-state index in [1.807, 2.05) is 0 Å². The highest BCUT2D eigenvalue weighted by atomic mass is 32.1. The van der Waals surface area contributed by atoms with Gasteiger partial charge in [-0.1, -0.05) is 13.8 Å². The Morgan fingerprint density at radius 3 is 2.46 bits per heavy atom. The van der Waals surface area contributed by atoms with Gasteiger partial charge in [0.1, 0.15) is 0 Å². The first-order chi connectivity index (χ1) is 11.3.